The average Bonchev–Trinajstić information content (AvgIpc) is 3.41. The zero-order valence-electron chi connectivity index (χ0n) is 50.1. The summed E-state index contributed by atoms with van der Waals surface area (Å²) in [5, 5.41) is 13.9. The van der Waals surface area contributed by atoms with Gasteiger partial charge in [-0.15, -0.1) is 0 Å². The Morgan fingerprint density at radius 2 is 0.782 bits per heavy atom. The van der Waals surface area contributed by atoms with Gasteiger partial charge in [-0.25, -0.2) is 4.57 Å². The molecule has 3 N–H and O–H groups in total. The summed E-state index contributed by atoms with van der Waals surface area (Å²) < 4.78 is 23.6. The molecular weight excluding hydrogens is 984 g/mol. The fourth-order valence-corrected chi connectivity index (χ4v) is 8.42. The highest BCUT2D eigenvalue weighted by atomic mass is 31.2. The molecule has 0 aromatic heterocycles. The number of hydrogen-bond acceptors (Lipinski definition) is 5. The van der Waals surface area contributed by atoms with E-state index in [1.54, 1.807) is 6.08 Å². The van der Waals surface area contributed by atoms with Gasteiger partial charge in [0.1, 0.15) is 13.2 Å². The number of carbonyl (C=O) groups is 1. The zero-order valence-corrected chi connectivity index (χ0v) is 51.0. The molecule has 3 unspecified atom stereocenters. The van der Waals surface area contributed by atoms with Gasteiger partial charge in [0.25, 0.3) is 0 Å². The molecule has 0 aliphatic carbocycles. The maximum absolute atomic E-state index is 13.0. The number of nitrogens with zero attached hydrogens (tertiary/aromatic N) is 1. The lowest BCUT2D eigenvalue weighted by molar-refractivity contribution is -0.870. The second kappa shape index (κ2) is 57.5. The van der Waals surface area contributed by atoms with Crippen molar-refractivity contribution in [3.8, 4) is 0 Å². The SMILES string of the molecule is CC/C=C\C/C=C\C/C=C\C/C=C\C/C=C\C/C=C\C/C=C\C/C=C\C/C=C\C/C=C\C/C=C\C/C=C\CCCCCCC(=O)NC(COP(=O)(O)OCC[N+](C)(C)C)C(O)/C=C/CC/C=C/CCCCCCCCCCC. The lowest BCUT2D eigenvalue weighted by atomic mass is 10.1. The Labute approximate surface area is 479 Å². The van der Waals surface area contributed by atoms with Crippen molar-refractivity contribution in [2.45, 2.75) is 219 Å². The number of rotatable bonds is 53. The molecule has 0 saturated heterocycles. The number of amides is 1. The first kappa shape index (κ1) is 73.9. The number of hydrogen-bond donors (Lipinski definition) is 3. The molecule has 0 bridgehead atoms. The molecule has 0 aliphatic heterocycles. The Morgan fingerprint density at radius 1 is 0.449 bits per heavy atom. The molecule has 440 valence electrons. The van der Waals surface area contributed by atoms with E-state index in [1.807, 2.05) is 27.2 Å². The van der Waals surface area contributed by atoms with E-state index in [0.717, 1.165) is 128 Å². The maximum Gasteiger partial charge on any atom is 0.472 e. The van der Waals surface area contributed by atoms with Gasteiger partial charge in [-0.3, -0.25) is 13.8 Å². The van der Waals surface area contributed by atoms with Gasteiger partial charge in [-0.05, 0) is 122 Å². The molecule has 3 atom stereocenters. The van der Waals surface area contributed by atoms with Crippen LogP contribution in [0.3, 0.4) is 0 Å². The fraction of sp³-hybridized carbons (Fsp3) is 0.580. The molecule has 1 amide bonds. The number of nitrogens with one attached hydrogen (secondary N) is 1. The Balaban J connectivity index is 4.24. The number of phosphoric acid groups is 1. The molecule has 0 aromatic carbocycles. The summed E-state index contributed by atoms with van der Waals surface area (Å²) in [6, 6.07) is -0.890. The van der Waals surface area contributed by atoms with Crippen molar-refractivity contribution < 1.29 is 32.9 Å². The maximum atomic E-state index is 13.0. The third-order valence-electron chi connectivity index (χ3n) is 12.4. The second-order valence-corrected chi connectivity index (χ2v) is 22.4. The largest absolute Gasteiger partial charge is 0.472 e. The Bertz CT molecular complexity index is 1870. The normalized spacial score (nSPS) is 15.0. The molecule has 0 saturated carbocycles. The lowest BCUT2D eigenvalue weighted by Crippen LogP contribution is -2.45. The molecule has 0 spiro atoms. The molecule has 0 radical (unpaired) electrons. The zero-order chi connectivity index (χ0) is 57.0. The van der Waals surface area contributed by atoms with Gasteiger partial charge < -0.3 is 19.8 Å². The van der Waals surface area contributed by atoms with Gasteiger partial charge in [0.05, 0.1) is 39.9 Å². The van der Waals surface area contributed by atoms with Crippen molar-refractivity contribution in [2.75, 3.05) is 40.9 Å². The Morgan fingerprint density at radius 3 is 1.18 bits per heavy atom. The average molecular weight is 1100 g/mol. The third kappa shape index (κ3) is 59.5. The lowest BCUT2D eigenvalue weighted by Gasteiger charge is -2.25. The van der Waals surface area contributed by atoms with Gasteiger partial charge in [0.15, 0.2) is 0 Å². The molecule has 78 heavy (non-hydrogen) atoms. The van der Waals surface area contributed by atoms with Crippen LogP contribution >= 0.6 is 7.82 Å². The quantitative estimate of drug-likeness (QED) is 0.0243. The first-order valence-electron chi connectivity index (χ1n) is 30.5. The summed E-state index contributed by atoms with van der Waals surface area (Å²) in [5.41, 5.74) is 0. The van der Waals surface area contributed by atoms with Gasteiger partial charge in [0.2, 0.25) is 5.91 Å². The fourth-order valence-electron chi connectivity index (χ4n) is 7.68. The van der Waals surface area contributed by atoms with Crippen LogP contribution in [0.2, 0.25) is 0 Å². The van der Waals surface area contributed by atoms with Crippen molar-refractivity contribution in [3.05, 3.63) is 170 Å². The number of carbonyl (C=O) groups excluding carboxylic acids is 1. The van der Waals surface area contributed by atoms with E-state index in [4.69, 9.17) is 9.05 Å². The molecular formula is C69H114N2O6P+. The number of aliphatic hydroxyl groups excluding tert-OH is 1. The van der Waals surface area contributed by atoms with Crippen molar-refractivity contribution in [2.24, 2.45) is 0 Å². The molecule has 9 heteroatoms. The summed E-state index contributed by atoms with van der Waals surface area (Å²) in [5.74, 6) is -0.219. The third-order valence-corrected chi connectivity index (χ3v) is 13.4. The van der Waals surface area contributed by atoms with E-state index >= 15 is 0 Å². The second-order valence-electron chi connectivity index (χ2n) is 21.0. The van der Waals surface area contributed by atoms with Crippen LogP contribution in [0.5, 0.6) is 0 Å². The van der Waals surface area contributed by atoms with Crippen LogP contribution in [0.15, 0.2) is 170 Å². The van der Waals surface area contributed by atoms with Gasteiger partial charge >= 0.3 is 7.82 Å². The number of allylic oxidation sites excluding steroid dienone is 27. The first-order chi connectivity index (χ1) is 38.0. The van der Waals surface area contributed by atoms with Gasteiger partial charge in [-0.2, -0.15) is 0 Å². The van der Waals surface area contributed by atoms with Crippen LogP contribution in [0.4, 0.5) is 0 Å². The van der Waals surface area contributed by atoms with Crippen LogP contribution < -0.4 is 5.32 Å². The van der Waals surface area contributed by atoms with E-state index in [0.29, 0.717) is 17.4 Å². The summed E-state index contributed by atoms with van der Waals surface area (Å²) in [6.45, 7) is 4.63. The van der Waals surface area contributed by atoms with E-state index in [1.165, 1.54) is 57.8 Å². The van der Waals surface area contributed by atoms with E-state index < -0.39 is 20.0 Å². The predicted molar refractivity (Wildman–Crippen MR) is 340 cm³/mol. The number of likely N-dealkylation sites (N-methyl/N-ethyl adjacent to an activating group) is 1. The van der Waals surface area contributed by atoms with Crippen LogP contribution in [0.25, 0.3) is 0 Å². The minimum atomic E-state index is -4.37. The molecule has 0 aliphatic rings. The summed E-state index contributed by atoms with van der Waals surface area (Å²) >= 11 is 0. The van der Waals surface area contributed by atoms with Gasteiger partial charge in [-0.1, -0.05) is 248 Å². The van der Waals surface area contributed by atoms with Crippen molar-refractivity contribution in [1.82, 2.24) is 5.32 Å². The summed E-state index contributed by atoms with van der Waals surface area (Å²) in [6.07, 6.45) is 91.8. The topological polar surface area (TPSA) is 105 Å². The van der Waals surface area contributed by atoms with E-state index in [2.05, 4.69) is 177 Å². The predicted octanol–water partition coefficient (Wildman–Crippen LogP) is 19.2. The Kier molecular flexibility index (Phi) is 54.5. The minimum absolute atomic E-state index is 0.0417. The number of quaternary nitrogens is 1. The smallest absolute Gasteiger partial charge is 0.387 e. The van der Waals surface area contributed by atoms with E-state index in [-0.39, 0.29) is 19.1 Å². The molecule has 0 aromatic rings. The Hall–Kier alpha value is -4.14. The number of unbranched alkanes of at least 4 members (excludes halogenated alkanes) is 14. The standard InChI is InChI=1S/C69H113N2O6P/c1-6-8-10-12-14-16-18-20-22-23-24-25-26-27-28-29-30-31-32-33-34-35-36-37-38-39-40-41-42-43-44-45-46-47-49-51-53-55-57-59-61-63-69(73)70-67(66-77-78(74,75)76-65-64-71(3,4)5)68(72)62-60-58-56-54-52-50-48-21-19-17-15-13-11-9-7-2/h8,10,14,16,20,22,24-25,27-28,30-31,33-34,36-37,39-40,42-43,45-46,49,51-52,54,60,62,67-68,72H,6-7,9,11-13,15,17-19,21,23,26,29,32,35,38,41,44,47-48,50,53,55-59,61,63-66H2,1-5H3,(H-,70,73,74,75)/p+1/b10-8-,16-14-,22-20-,25-24-,28-27-,31-30-,34-33-,37-36-,40-39-,43-42-,46-45-,51-49-,54-52+,62-60+. The van der Waals surface area contributed by atoms with E-state index in [9.17, 15) is 19.4 Å². The van der Waals surface area contributed by atoms with Gasteiger partial charge in [0, 0.05) is 6.42 Å². The first-order valence-corrected chi connectivity index (χ1v) is 32.0. The van der Waals surface area contributed by atoms with Crippen molar-refractivity contribution in [1.29, 1.82) is 0 Å². The number of aliphatic hydroxyl groups is 1. The molecule has 0 heterocycles. The van der Waals surface area contributed by atoms with Crippen molar-refractivity contribution >= 4 is 13.7 Å². The molecule has 0 rings (SSSR count). The highest BCUT2D eigenvalue weighted by Crippen LogP contribution is 2.43. The monoisotopic (exact) mass is 1100 g/mol. The number of phosphoric ester groups is 1. The minimum Gasteiger partial charge on any atom is -0.387 e. The highest BCUT2D eigenvalue weighted by Gasteiger charge is 2.27. The van der Waals surface area contributed by atoms with Crippen LogP contribution in [-0.2, 0) is 18.4 Å². The van der Waals surface area contributed by atoms with Crippen LogP contribution in [0, 0.1) is 0 Å². The summed E-state index contributed by atoms with van der Waals surface area (Å²) in [7, 11) is 1.51. The summed E-state index contributed by atoms with van der Waals surface area (Å²) in [4.78, 5) is 23.3. The molecule has 8 nitrogen and oxygen atoms in total. The molecule has 0 fully saturated rings. The highest BCUT2D eigenvalue weighted by molar-refractivity contribution is 7.47. The van der Waals surface area contributed by atoms with Crippen LogP contribution in [-0.4, -0.2) is 73.4 Å². The van der Waals surface area contributed by atoms with Crippen molar-refractivity contribution in [3.63, 3.8) is 0 Å². The van der Waals surface area contributed by atoms with Crippen LogP contribution in [0.1, 0.15) is 206 Å².